The zero-order chi connectivity index (χ0) is 25.2. The third kappa shape index (κ3) is 5.10. The number of rotatable bonds is 6. The monoisotopic (exact) mass is 515 g/mol. The highest BCUT2D eigenvalue weighted by atomic mass is 35.5. The number of halogens is 2. The number of carbonyl (C=O) groups is 2. The summed E-state index contributed by atoms with van der Waals surface area (Å²) in [6.07, 6.45) is 7.42. The Kier molecular flexibility index (Phi) is 6.97. The Bertz CT molecular complexity index is 1280. The second kappa shape index (κ2) is 10.3. The number of hydrogen-bond acceptors (Lipinski definition) is 5. The minimum Gasteiger partial charge on any atom is -0.443 e. The molecule has 1 saturated heterocycles. The fourth-order valence-electron chi connectivity index (χ4n) is 4.79. The van der Waals surface area contributed by atoms with Gasteiger partial charge in [-0.15, -0.1) is 0 Å². The standard InChI is InChI=1S/C25H27ClFN5O4/c1-31-13-18-17(23(31)24(33)28-15-5-7-20(27)19(26)12-15)6-8-21(18)29-25(34)36-14-16-9-10-32(30-16)22-4-2-3-11-35-22/h5,7,9-10,12-13,21-22H,2-4,6,8,11,14H2,1H3,(H,28,33)(H,29,34). The summed E-state index contributed by atoms with van der Waals surface area (Å²) in [6, 6.07) is 5.56. The van der Waals surface area contributed by atoms with Crippen molar-refractivity contribution >= 4 is 29.3 Å². The highest BCUT2D eigenvalue weighted by molar-refractivity contribution is 6.31. The maximum atomic E-state index is 13.4. The average molecular weight is 516 g/mol. The molecule has 2 aromatic heterocycles. The van der Waals surface area contributed by atoms with Crippen molar-refractivity contribution in [3.63, 3.8) is 0 Å². The van der Waals surface area contributed by atoms with E-state index in [1.54, 1.807) is 16.3 Å². The van der Waals surface area contributed by atoms with Crippen molar-refractivity contribution in [1.82, 2.24) is 19.7 Å². The molecule has 2 N–H and O–H groups in total. The average Bonchev–Trinajstić information content (AvgIpc) is 3.57. The Balaban J connectivity index is 1.18. The second-order valence-electron chi connectivity index (χ2n) is 9.03. The number of nitrogens with zero attached hydrogens (tertiary/aromatic N) is 3. The maximum Gasteiger partial charge on any atom is 0.408 e. The third-order valence-corrected chi connectivity index (χ3v) is 6.82. The number of fused-ring (bicyclic) bond motifs is 1. The van der Waals surface area contributed by atoms with E-state index in [-0.39, 0.29) is 29.8 Å². The number of aromatic nitrogens is 3. The molecule has 1 aromatic carbocycles. The van der Waals surface area contributed by atoms with E-state index in [0.29, 0.717) is 29.9 Å². The van der Waals surface area contributed by atoms with Crippen molar-refractivity contribution in [3.05, 3.63) is 70.0 Å². The maximum absolute atomic E-state index is 13.4. The largest absolute Gasteiger partial charge is 0.443 e. The van der Waals surface area contributed by atoms with E-state index >= 15 is 0 Å². The van der Waals surface area contributed by atoms with Crippen LogP contribution in [0.3, 0.4) is 0 Å². The molecule has 2 atom stereocenters. The molecule has 11 heteroatoms. The zero-order valence-electron chi connectivity index (χ0n) is 19.8. The molecule has 3 heterocycles. The lowest BCUT2D eigenvalue weighted by Gasteiger charge is -2.22. The summed E-state index contributed by atoms with van der Waals surface area (Å²) in [6.45, 7) is 0.777. The quantitative estimate of drug-likeness (QED) is 0.487. The molecule has 2 unspecified atom stereocenters. The minimum absolute atomic E-state index is 0.0494. The highest BCUT2D eigenvalue weighted by Gasteiger charge is 2.31. The summed E-state index contributed by atoms with van der Waals surface area (Å²) >= 11 is 5.82. The number of alkyl carbamates (subject to hydrolysis) is 1. The van der Waals surface area contributed by atoms with Gasteiger partial charge < -0.3 is 24.7 Å². The van der Waals surface area contributed by atoms with Gasteiger partial charge in [-0.3, -0.25) is 4.79 Å². The van der Waals surface area contributed by atoms with Gasteiger partial charge in [-0.25, -0.2) is 13.9 Å². The minimum atomic E-state index is -0.554. The lowest BCUT2D eigenvalue weighted by Crippen LogP contribution is -2.27. The molecular weight excluding hydrogens is 489 g/mol. The lowest BCUT2D eigenvalue weighted by atomic mass is 10.1. The summed E-state index contributed by atoms with van der Waals surface area (Å²) in [4.78, 5) is 25.5. The fraction of sp³-hybridized carbons (Fsp3) is 0.400. The van der Waals surface area contributed by atoms with Gasteiger partial charge in [0.25, 0.3) is 5.91 Å². The van der Waals surface area contributed by atoms with Gasteiger partial charge in [-0.05, 0) is 67.5 Å². The molecule has 2 aliphatic rings. The normalized spacial score (nSPS) is 19.1. The van der Waals surface area contributed by atoms with Crippen molar-refractivity contribution in [2.45, 2.75) is 51.0 Å². The first-order chi connectivity index (χ1) is 17.4. The fourth-order valence-corrected chi connectivity index (χ4v) is 4.97. The van der Waals surface area contributed by atoms with Gasteiger partial charge in [0.2, 0.25) is 0 Å². The van der Waals surface area contributed by atoms with E-state index in [9.17, 15) is 14.0 Å². The second-order valence-corrected chi connectivity index (χ2v) is 9.43. The van der Waals surface area contributed by atoms with Crippen molar-refractivity contribution in [2.75, 3.05) is 11.9 Å². The van der Waals surface area contributed by atoms with Crippen molar-refractivity contribution in [1.29, 1.82) is 0 Å². The molecule has 1 aliphatic carbocycles. The third-order valence-electron chi connectivity index (χ3n) is 6.53. The first-order valence-corrected chi connectivity index (χ1v) is 12.3. The smallest absolute Gasteiger partial charge is 0.408 e. The van der Waals surface area contributed by atoms with Crippen LogP contribution in [0.2, 0.25) is 5.02 Å². The van der Waals surface area contributed by atoms with Crippen LogP contribution in [0.15, 0.2) is 36.7 Å². The molecule has 36 heavy (non-hydrogen) atoms. The number of carbonyl (C=O) groups excluding carboxylic acids is 2. The summed E-state index contributed by atoms with van der Waals surface area (Å²) in [5.74, 6) is -0.885. The van der Waals surface area contributed by atoms with E-state index in [0.717, 1.165) is 37.0 Å². The molecule has 0 saturated carbocycles. The Labute approximate surface area is 212 Å². The van der Waals surface area contributed by atoms with Crippen molar-refractivity contribution in [3.8, 4) is 0 Å². The summed E-state index contributed by atoms with van der Waals surface area (Å²) in [5, 5.41) is 10.1. The van der Waals surface area contributed by atoms with E-state index in [1.165, 1.54) is 18.2 Å². The van der Waals surface area contributed by atoms with Crippen LogP contribution in [0.5, 0.6) is 0 Å². The highest BCUT2D eigenvalue weighted by Crippen LogP contribution is 2.35. The Morgan fingerprint density at radius 2 is 2.14 bits per heavy atom. The van der Waals surface area contributed by atoms with E-state index < -0.39 is 11.9 Å². The summed E-state index contributed by atoms with van der Waals surface area (Å²) in [5.41, 5.74) is 3.26. The number of hydrogen-bond donors (Lipinski definition) is 2. The van der Waals surface area contributed by atoms with Gasteiger partial charge in [0.05, 0.1) is 11.1 Å². The van der Waals surface area contributed by atoms with Gasteiger partial charge in [0, 0.05) is 31.7 Å². The van der Waals surface area contributed by atoms with E-state index in [4.69, 9.17) is 21.1 Å². The molecule has 9 nitrogen and oxygen atoms in total. The predicted octanol–water partition coefficient (Wildman–Crippen LogP) is 4.88. The first kappa shape index (κ1) is 24.3. The molecule has 0 radical (unpaired) electrons. The molecule has 1 fully saturated rings. The molecule has 5 rings (SSSR count). The number of aryl methyl sites for hydroxylation is 1. The number of amides is 2. The Morgan fingerprint density at radius 3 is 2.92 bits per heavy atom. The SMILES string of the molecule is Cn1cc2c(c1C(=O)Nc1ccc(F)c(Cl)c1)CCC2NC(=O)OCc1ccn(C2CCCCO2)n1. The number of anilines is 1. The van der Waals surface area contributed by atoms with Crippen molar-refractivity contribution < 1.29 is 23.5 Å². The van der Waals surface area contributed by atoms with Crippen LogP contribution in [0.25, 0.3) is 0 Å². The van der Waals surface area contributed by atoms with Gasteiger partial charge in [0.1, 0.15) is 30.0 Å². The first-order valence-electron chi connectivity index (χ1n) is 11.9. The molecule has 2 amide bonds. The van der Waals surface area contributed by atoms with Crippen LogP contribution >= 0.6 is 11.6 Å². The molecule has 3 aromatic rings. The van der Waals surface area contributed by atoms with Crippen LogP contribution in [-0.4, -0.2) is 33.0 Å². The Morgan fingerprint density at radius 1 is 1.28 bits per heavy atom. The molecule has 0 spiro atoms. The number of ether oxygens (including phenoxy) is 2. The van der Waals surface area contributed by atoms with Crippen LogP contribution in [0.4, 0.5) is 14.9 Å². The van der Waals surface area contributed by atoms with Gasteiger partial charge in [-0.1, -0.05) is 11.6 Å². The van der Waals surface area contributed by atoms with Crippen LogP contribution in [0, 0.1) is 5.82 Å². The Hall–Kier alpha value is -3.37. The number of benzene rings is 1. The van der Waals surface area contributed by atoms with E-state index in [2.05, 4.69) is 15.7 Å². The lowest BCUT2D eigenvalue weighted by molar-refractivity contribution is -0.0398. The molecule has 1 aliphatic heterocycles. The molecular formula is C25H27ClFN5O4. The number of nitrogens with one attached hydrogen (secondary N) is 2. The summed E-state index contributed by atoms with van der Waals surface area (Å²) < 4.78 is 28.0. The van der Waals surface area contributed by atoms with Gasteiger partial charge in [-0.2, -0.15) is 5.10 Å². The van der Waals surface area contributed by atoms with Crippen LogP contribution < -0.4 is 10.6 Å². The van der Waals surface area contributed by atoms with Gasteiger partial charge in [0.15, 0.2) is 0 Å². The molecule has 190 valence electrons. The predicted molar refractivity (Wildman–Crippen MR) is 130 cm³/mol. The zero-order valence-corrected chi connectivity index (χ0v) is 20.6. The van der Waals surface area contributed by atoms with Crippen LogP contribution in [-0.2, 0) is 29.5 Å². The topological polar surface area (TPSA) is 99.4 Å². The van der Waals surface area contributed by atoms with Crippen LogP contribution in [0.1, 0.15) is 65.3 Å². The van der Waals surface area contributed by atoms with Crippen molar-refractivity contribution in [2.24, 2.45) is 7.05 Å². The summed E-state index contributed by atoms with van der Waals surface area (Å²) in [7, 11) is 1.77. The van der Waals surface area contributed by atoms with Gasteiger partial charge >= 0.3 is 6.09 Å². The van der Waals surface area contributed by atoms with E-state index in [1.807, 2.05) is 18.5 Å². The molecule has 0 bridgehead atoms.